The standard InChI is InChI=1S/C9H15ClN2O4/c1-4-12(5-7(13)16-3)9(15)11-8(14)6(2)10/h6H,4-5H2,1-3H3,(H,11,14,15). The van der Waals surface area contributed by atoms with Gasteiger partial charge in [0.15, 0.2) is 0 Å². The molecule has 16 heavy (non-hydrogen) atoms. The fraction of sp³-hybridized carbons (Fsp3) is 0.667. The van der Waals surface area contributed by atoms with Gasteiger partial charge in [-0.25, -0.2) is 4.79 Å². The lowest BCUT2D eigenvalue weighted by molar-refractivity contribution is -0.141. The average Bonchev–Trinajstić information content (AvgIpc) is 2.24. The van der Waals surface area contributed by atoms with Crippen molar-refractivity contribution in [1.82, 2.24) is 10.2 Å². The number of likely N-dealkylation sites (N-methyl/N-ethyl adjacent to an activating group) is 1. The molecule has 0 saturated heterocycles. The lowest BCUT2D eigenvalue weighted by Gasteiger charge is -2.19. The fourth-order valence-corrected chi connectivity index (χ4v) is 0.886. The first-order valence-corrected chi connectivity index (χ1v) is 5.16. The topological polar surface area (TPSA) is 75.7 Å². The van der Waals surface area contributed by atoms with E-state index >= 15 is 0 Å². The van der Waals surface area contributed by atoms with Crippen molar-refractivity contribution in [2.24, 2.45) is 0 Å². The molecule has 0 radical (unpaired) electrons. The van der Waals surface area contributed by atoms with E-state index in [1.165, 1.54) is 14.0 Å². The van der Waals surface area contributed by atoms with E-state index in [0.29, 0.717) is 0 Å². The first-order chi connectivity index (χ1) is 7.42. The number of methoxy groups -OCH3 is 1. The minimum Gasteiger partial charge on any atom is -0.468 e. The first kappa shape index (κ1) is 14.7. The Hall–Kier alpha value is -1.30. The van der Waals surface area contributed by atoms with Gasteiger partial charge in [0.2, 0.25) is 5.91 Å². The largest absolute Gasteiger partial charge is 0.468 e. The van der Waals surface area contributed by atoms with Crippen LogP contribution in [-0.2, 0) is 14.3 Å². The maximum atomic E-state index is 11.5. The van der Waals surface area contributed by atoms with Crippen molar-refractivity contribution in [3.63, 3.8) is 0 Å². The van der Waals surface area contributed by atoms with Crippen molar-refractivity contribution < 1.29 is 19.1 Å². The number of hydrogen-bond donors (Lipinski definition) is 1. The Kier molecular flexibility index (Phi) is 6.48. The summed E-state index contributed by atoms with van der Waals surface area (Å²) in [6.45, 7) is 3.20. The quantitative estimate of drug-likeness (QED) is 0.577. The molecule has 0 fully saturated rings. The number of ether oxygens (including phenoxy) is 1. The zero-order chi connectivity index (χ0) is 12.7. The van der Waals surface area contributed by atoms with Crippen LogP contribution in [0.2, 0.25) is 0 Å². The Labute approximate surface area is 98.9 Å². The Balaban J connectivity index is 4.31. The van der Waals surface area contributed by atoms with Crippen LogP contribution in [0.1, 0.15) is 13.8 Å². The van der Waals surface area contributed by atoms with Crippen LogP contribution in [0.15, 0.2) is 0 Å². The molecule has 0 rings (SSSR count). The van der Waals surface area contributed by atoms with Gasteiger partial charge >= 0.3 is 12.0 Å². The average molecular weight is 251 g/mol. The van der Waals surface area contributed by atoms with E-state index in [2.05, 4.69) is 10.1 Å². The molecule has 0 aromatic rings. The number of urea groups is 1. The van der Waals surface area contributed by atoms with Gasteiger partial charge in [-0.2, -0.15) is 0 Å². The van der Waals surface area contributed by atoms with Crippen LogP contribution in [0, 0.1) is 0 Å². The van der Waals surface area contributed by atoms with Crippen molar-refractivity contribution in [2.75, 3.05) is 20.2 Å². The third-order valence-corrected chi connectivity index (χ3v) is 2.01. The van der Waals surface area contributed by atoms with Crippen LogP contribution in [-0.4, -0.2) is 48.4 Å². The molecule has 0 heterocycles. The highest BCUT2D eigenvalue weighted by Crippen LogP contribution is 1.95. The predicted molar refractivity (Wildman–Crippen MR) is 58.1 cm³/mol. The summed E-state index contributed by atoms with van der Waals surface area (Å²) in [6.07, 6.45) is 0. The monoisotopic (exact) mass is 250 g/mol. The lowest BCUT2D eigenvalue weighted by atomic mass is 10.4. The van der Waals surface area contributed by atoms with Gasteiger partial charge in [-0.15, -0.1) is 11.6 Å². The van der Waals surface area contributed by atoms with Gasteiger partial charge in [-0.3, -0.25) is 14.9 Å². The highest BCUT2D eigenvalue weighted by Gasteiger charge is 2.19. The number of rotatable bonds is 4. The summed E-state index contributed by atoms with van der Waals surface area (Å²) in [6, 6.07) is -0.662. The van der Waals surface area contributed by atoms with Gasteiger partial charge < -0.3 is 9.64 Å². The van der Waals surface area contributed by atoms with Gasteiger partial charge in [-0.1, -0.05) is 0 Å². The molecule has 0 saturated carbocycles. The van der Waals surface area contributed by atoms with Gasteiger partial charge in [0.1, 0.15) is 11.9 Å². The molecule has 0 aliphatic rings. The number of amides is 3. The maximum absolute atomic E-state index is 11.5. The summed E-state index contributed by atoms with van der Waals surface area (Å²) in [5.41, 5.74) is 0. The van der Waals surface area contributed by atoms with Crippen LogP contribution >= 0.6 is 11.6 Å². The lowest BCUT2D eigenvalue weighted by Crippen LogP contribution is -2.46. The van der Waals surface area contributed by atoms with Crippen molar-refractivity contribution in [2.45, 2.75) is 19.2 Å². The minimum atomic E-state index is -0.805. The number of hydrogen-bond acceptors (Lipinski definition) is 4. The highest BCUT2D eigenvalue weighted by atomic mass is 35.5. The van der Waals surface area contributed by atoms with Crippen molar-refractivity contribution in [1.29, 1.82) is 0 Å². The van der Waals surface area contributed by atoms with Gasteiger partial charge in [0.05, 0.1) is 7.11 Å². The maximum Gasteiger partial charge on any atom is 0.325 e. The predicted octanol–water partition coefficient (Wildman–Crippen LogP) is 0.345. The molecular formula is C9H15ClN2O4. The molecule has 0 aromatic heterocycles. The molecule has 3 amide bonds. The first-order valence-electron chi connectivity index (χ1n) is 4.73. The van der Waals surface area contributed by atoms with E-state index in [1.807, 2.05) is 0 Å². The molecular weight excluding hydrogens is 236 g/mol. The molecule has 0 aliphatic carbocycles. The van der Waals surface area contributed by atoms with Crippen molar-refractivity contribution in [3.05, 3.63) is 0 Å². The van der Waals surface area contributed by atoms with Crippen LogP contribution in [0.4, 0.5) is 4.79 Å². The number of imide groups is 1. The Morgan fingerprint density at radius 1 is 1.44 bits per heavy atom. The Bertz CT molecular complexity index is 281. The molecule has 0 aromatic carbocycles. The second kappa shape index (κ2) is 7.05. The van der Waals surface area contributed by atoms with E-state index in [4.69, 9.17) is 11.6 Å². The highest BCUT2D eigenvalue weighted by molar-refractivity contribution is 6.31. The number of carbonyl (C=O) groups excluding carboxylic acids is 3. The van der Waals surface area contributed by atoms with Crippen LogP contribution in [0.5, 0.6) is 0 Å². The zero-order valence-corrected chi connectivity index (χ0v) is 10.2. The number of nitrogens with zero attached hydrogens (tertiary/aromatic N) is 1. The molecule has 6 nitrogen and oxygen atoms in total. The summed E-state index contributed by atoms with van der Waals surface area (Å²) in [4.78, 5) is 34.7. The third-order valence-electron chi connectivity index (χ3n) is 1.81. The summed E-state index contributed by atoms with van der Waals surface area (Å²) in [5.74, 6) is -1.15. The number of nitrogens with one attached hydrogen (secondary N) is 1. The summed E-state index contributed by atoms with van der Waals surface area (Å²) < 4.78 is 4.41. The molecule has 0 spiro atoms. The van der Waals surface area contributed by atoms with Gasteiger partial charge in [0, 0.05) is 6.54 Å². The molecule has 0 bridgehead atoms. The van der Waals surface area contributed by atoms with Crippen molar-refractivity contribution in [3.8, 4) is 0 Å². The molecule has 1 unspecified atom stereocenters. The summed E-state index contributed by atoms with van der Waals surface area (Å²) in [7, 11) is 1.22. The normalized spacial score (nSPS) is 11.5. The Morgan fingerprint density at radius 3 is 2.38 bits per heavy atom. The van der Waals surface area contributed by atoms with Crippen LogP contribution in [0.3, 0.4) is 0 Å². The minimum absolute atomic E-state index is 0.206. The molecule has 7 heteroatoms. The van der Waals surface area contributed by atoms with Crippen LogP contribution in [0.25, 0.3) is 0 Å². The number of carbonyl (C=O) groups is 3. The summed E-state index contributed by atoms with van der Waals surface area (Å²) in [5, 5.41) is 1.26. The zero-order valence-electron chi connectivity index (χ0n) is 9.45. The van der Waals surface area contributed by atoms with E-state index in [1.54, 1.807) is 6.92 Å². The van der Waals surface area contributed by atoms with Gasteiger partial charge in [0.25, 0.3) is 0 Å². The fourth-order valence-electron chi connectivity index (χ4n) is 0.831. The smallest absolute Gasteiger partial charge is 0.325 e. The number of halogens is 1. The molecule has 0 aliphatic heterocycles. The number of alkyl halides is 1. The SMILES string of the molecule is CCN(CC(=O)OC)C(=O)NC(=O)C(C)Cl. The second-order valence-corrected chi connectivity index (χ2v) is 3.66. The number of esters is 1. The van der Waals surface area contributed by atoms with E-state index in [-0.39, 0.29) is 13.1 Å². The van der Waals surface area contributed by atoms with Crippen molar-refractivity contribution >= 4 is 29.5 Å². The van der Waals surface area contributed by atoms with E-state index < -0.39 is 23.3 Å². The second-order valence-electron chi connectivity index (χ2n) is 3.00. The van der Waals surface area contributed by atoms with E-state index in [9.17, 15) is 14.4 Å². The van der Waals surface area contributed by atoms with Gasteiger partial charge in [-0.05, 0) is 13.8 Å². The molecule has 92 valence electrons. The Morgan fingerprint density at radius 2 is 2.00 bits per heavy atom. The third kappa shape index (κ3) is 4.97. The van der Waals surface area contributed by atoms with E-state index in [0.717, 1.165) is 4.90 Å². The summed E-state index contributed by atoms with van der Waals surface area (Å²) >= 11 is 5.48. The molecule has 1 atom stereocenters. The molecule has 1 N–H and O–H groups in total. The van der Waals surface area contributed by atoms with Crippen LogP contribution < -0.4 is 5.32 Å².